The average Bonchev–Trinajstić information content (AvgIpc) is 2.32. The summed E-state index contributed by atoms with van der Waals surface area (Å²) in [7, 11) is -1.72. The van der Waals surface area contributed by atoms with Crippen molar-refractivity contribution in [2.45, 2.75) is 18.7 Å². The second-order valence-electron chi connectivity index (χ2n) is 5.11. The quantitative estimate of drug-likeness (QED) is 0.833. The summed E-state index contributed by atoms with van der Waals surface area (Å²) >= 11 is 0. The minimum absolute atomic E-state index is 0.146. The van der Waals surface area contributed by atoms with E-state index in [1.807, 2.05) is 13.8 Å². The molecule has 0 radical (unpaired) electrons. The monoisotopic (exact) mass is 255 g/mol. The van der Waals surface area contributed by atoms with Crippen LogP contribution in [0.2, 0.25) is 0 Å². The molecule has 0 saturated heterocycles. The van der Waals surface area contributed by atoms with Gasteiger partial charge in [-0.05, 0) is 17.5 Å². The van der Waals surface area contributed by atoms with Crippen molar-refractivity contribution in [2.75, 3.05) is 24.7 Å². The topological polar surface area (TPSA) is 55.4 Å². The number of sulfone groups is 1. The van der Waals surface area contributed by atoms with Gasteiger partial charge in [-0.2, -0.15) is 0 Å². The molecule has 94 valence electrons. The molecule has 0 aliphatic carbocycles. The van der Waals surface area contributed by atoms with E-state index >= 15 is 0 Å². The van der Waals surface area contributed by atoms with E-state index in [1.165, 1.54) is 0 Å². The maximum atomic E-state index is 12.3. The second-order valence-corrected chi connectivity index (χ2v) is 7.07. The minimum atomic E-state index is -3.26. The minimum Gasteiger partial charge on any atom is -0.495 e. The summed E-state index contributed by atoms with van der Waals surface area (Å²) in [5.41, 5.74) is 0.295. The third-order valence-electron chi connectivity index (χ3n) is 2.87. The van der Waals surface area contributed by atoms with Gasteiger partial charge in [-0.3, -0.25) is 0 Å². The lowest BCUT2D eigenvalue weighted by molar-refractivity contribution is 0.413. The third kappa shape index (κ3) is 2.24. The number of hydrogen-bond acceptors (Lipinski definition) is 4. The van der Waals surface area contributed by atoms with Gasteiger partial charge in [-0.15, -0.1) is 0 Å². The lowest BCUT2D eigenvalue weighted by Gasteiger charge is -2.21. The molecule has 17 heavy (non-hydrogen) atoms. The Morgan fingerprint density at radius 3 is 2.71 bits per heavy atom. The summed E-state index contributed by atoms with van der Waals surface area (Å²) < 4.78 is 29.8. The van der Waals surface area contributed by atoms with Crippen LogP contribution in [0.15, 0.2) is 23.1 Å². The summed E-state index contributed by atoms with van der Waals surface area (Å²) in [4.78, 5) is 0.336. The maximum Gasteiger partial charge on any atom is 0.181 e. The van der Waals surface area contributed by atoms with Crippen LogP contribution in [0.25, 0.3) is 0 Å². The Labute approximate surface area is 102 Å². The van der Waals surface area contributed by atoms with Crippen LogP contribution in [0.5, 0.6) is 5.75 Å². The Morgan fingerprint density at radius 2 is 2.06 bits per heavy atom. The Bertz CT molecular complexity index is 535. The average molecular weight is 255 g/mol. The zero-order chi connectivity index (χ0) is 12.7. The van der Waals surface area contributed by atoms with Crippen LogP contribution in [0.1, 0.15) is 13.8 Å². The van der Waals surface area contributed by atoms with Crippen LogP contribution in [0, 0.1) is 5.41 Å². The molecule has 1 N–H and O–H groups in total. The predicted octanol–water partition coefficient (Wildman–Crippen LogP) is 1.92. The Hall–Kier alpha value is -1.23. The fourth-order valence-corrected chi connectivity index (χ4v) is 4.14. The highest BCUT2D eigenvalue weighted by Gasteiger charge is 2.33. The summed E-state index contributed by atoms with van der Waals surface area (Å²) in [6, 6.07) is 5.09. The normalized spacial score (nSPS) is 20.9. The van der Waals surface area contributed by atoms with Gasteiger partial charge < -0.3 is 10.1 Å². The summed E-state index contributed by atoms with van der Waals surface area (Å²) in [5.74, 6) is 0.719. The van der Waals surface area contributed by atoms with Gasteiger partial charge in [0.25, 0.3) is 0 Å². The highest BCUT2D eigenvalue weighted by molar-refractivity contribution is 7.91. The fourth-order valence-electron chi connectivity index (χ4n) is 2.09. The number of fused-ring (bicyclic) bond motifs is 1. The zero-order valence-electron chi connectivity index (χ0n) is 10.3. The van der Waals surface area contributed by atoms with E-state index in [0.717, 1.165) is 0 Å². The molecule has 0 unspecified atom stereocenters. The molecule has 0 fully saturated rings. The zero-order valence-corrected chi connectivity index (χ0v) is 11.1. The van der Waals surface area contributed by atoms with Crippen LogP contribution in [-0.2, 0) is 9.84 Å². The first-order valence-electron chi connectivity index (χ1n) is 5.49. The van der Waals surface area contributed by atoms with Gasteiger partial charge in [0, 0.05) is 6.54 Å². The largest absolute Gasteiger partial charge is 0.495 e. The van der Waals surface area contributed by atoms with E-state index < -0.39 is 9.84 Å². The Morgan fingerprint density at radius 1 is 1.35 bits per heavy atom. The van der Waals surface area contributed by atoms with Gasteiger partial charge in [0.15, 0.2) is 9.84 Å². The standard InChI is InChI=1S/C12H17NO3S/c1-12(2)7-13-11-9(16-3)5-4-6-10(11)17(14,15)8-12/h4-6,13H,7-8H2,1-3H3. The van der Waals surface area contributed by atoms with Gasteiger partial charge in [0.2, 0.25) is 0 Å². The molecule has 1 aromatic rings. The fraction of sp³-hybridized carbons (Fsp3) is 0.500. The number of nitrogens with one attached hydrogen (secondary N) is 1. The number of rotatable bonds is 1. The van der Waals surface area contributed by atoms with E-state index in [9.17, 15) is 8.42 Å². The molecule has 0 atom stereocenters. The number of anilines is 1. The van der Waals surface area contributed by atoms with E-state index in [4.69, 9.17) is 4.74 Å². The highest BCUT2D eigenvalue weighted by Crippen LogP contribution is 2.37. The molecule has 0 spiro atoms. The van der Waals surface area contributed by atoms with Gasteiger partial charge in [-0.1, -0.05) is 19.9 Å². The smallest absolute Gasteiger partial charge is 0.181 e. The molecule has 1 aromatic carbocycles. The van der Waals surface area contributed by atoms with Gasteiger partial charge >= 0.3 is 0 Å². The molecule has 5 heteroatoms. The Kier molecular flexibility index (Phi) is 2.81. The van der Waals surface area contributed by atoms with Crippen molar-refractivity contribution in [2.24, 2.45) is 5.41 Å². The van der Waals surface area contributed by atoms with Crippen LogP contribution in [0.3, 0.4) is 0 Å². The van der Waals surface area contributed by atoms with Crippen molar-refractivity contribution in [3.05, 3.63) is 18.2 Å². The number of benzene rings is 1. The number of para-hydroxylation sites is 1. The van der Waals surface area contributed by atoms with E-state index in [-0.39, 0.29) is 11.2 Å². The third-order valence-corrected chi connectivity index (χ3v) is 5.04. The Balaban J connectivity index is 2.63. The van der Waals surface area contributed by atoms with Crippen LogP contribution in [-0.4, -0.2) is 27.8 Å². The van der Waals surface area contributed by atoms with Crippen molar-refractivity contribution in [1.29, 1.82) is 0 Å². The van der Waals surface area contributed by atoms with Gasteiger partial charge in [0.05, 0.1) is 23.4 Å². The molecule has 4 nitrogen and oxygen atoms in total. The van der Waals surface area contributed by atoms with Gasteiger partial charge in [0.1, 0.15) is 5.75 Å². The molecule has 1 aliphatic heterocycles. The molecule has 2 rings (SSSR count). The molecule has 0 bridgehead atoms. The lowest BCUT2D eigenvalue weighted by atomic mass is 9.96. The van der Waals surface area contributed by atoms with Crippen molar-refractivity contribution in [3.63, 3.8) is 0 Å². The summed E-state index contributed by atoms with van der Waals surface area (Å²) in [5, 5.41) is 3.19. The summed E-state index contributed by atoms with van der Waals surface area (Å²) in [6.07, 6.45) is 0. The SMILES string of the molecule is COc1cccc2c1NCC(C)(C)CS2(=O)=O. The molecule has 1 heterocycles. The van der Waals surface area contributed by atoms with Crippen molar-refractivity contribution in [3.8, 4) is 5.75 Å². The van der Waals surface area contributed by atoms with Crippen molar-refractivity contribution in [1.82, 2.24) is 0 Å². The van der Waals surface area contributed by atoms with Crippen molar-refractivity contribution < 1.29 is 13.2 Å². The van der Waals surface area contributed by atoms with E-state index in [1.54, 1.807) is 25.3 Å². The summed E-state index contributed by atoms with van der Waals surface area (Å²) in [6.45, 7) is 4.49. The second kappa shape index (κ2) is 3.91. The number of ether oxygens (including phenoxy) is 1. The molecular formula is C12H17NO3S. The van der Waals surface area contributed by atoms with Gasteiger partial charge in [-0.25, -0.2) is 8.42 Å². The maximum absolute atomic E-state index is 12.3. The first-order valence-corrected chi connectivity index (χ1v) is 7.15. The van der Waals surface area contributed by atoms with E-state index in [2.05, 4.69) is 5.32 Å². The predicted molar refractivity (Wildman–Crippen MR) is 67.3 cm³/mol. The van der Waals surface area contributed by atoms with Crippen molar-refractivity contribution >= 4 is 15.5 Å². The first-order chi connectivity index (χ1) is 7.86. The molecule has 0 amide bonds. The van der Waals surface area contributed by atoms with E-state index in [0.29, 0.717) is 22.9 Å². The molecule has 0 saturated carbocycles. The van der Waals surface area contributed by atoms with Crippen LogP contribution in [0.4, 0.5) is 5.69 Å². The molecule has 1 aliphatic rings. The van der Waals surface area contributed by atoms with Crippen LogP contribution >= 0.6 is 0 Å². The molecular weight excluding hydrogens is 238 g/mol. The number of hydrogen-bond donors (Lipinski definition) is 1. The first kappa shape index (κ1) is 12.2. The van der Waals surface area contributed by atoms with Crippen LogP contribution < -0.4 is 10.1 Å². The number of methoxy groups -OCH3 is 1. The highest BCUT2D eigenvalue weighted by atomic mass is 32.2. The lowest BCUT2D eigenvalue weighted by Crippen LogP contribution is -2.28. The molecule has 0 aromatic heterocycles.